The second kappa shape index (κ2) is 8.48. The molecule has 1 amide bonds. The van der Waals surface area contributed by atoms with Crippen LogP contribution >= 0.6 is 11.7 Å². The number of carbonyl (C=O) groups is 3. The number of hydrogen-bond donors (Lipinski definition) is 1. The molecular formula is C21H19N3O4S. The fourth-order valence-corrected chi connectivity index (χ4v) is 3.97. The average molecular weight is 409 g/mol. The molecule has 0 fully saturated rings. The largest absolute Gasteiger partial charge is 0.456 e. The molecule has 0 atom stereocenters. The Hall–Kier alpha value is -3.13. The number of anilines is 1. The molecule has 0 saturated carbocycles. The van der Waals surface area contributed by atoms with Crippen LogP contribution in [0.15, 0.2) is 36.4 Å². The van der Waals surface area contributed by atoms with Crippen LogP contribution in [0.5, 0.6) is 0 Å². The maximum absolute atomic E-state index is 12.3. The fraction of sp³-hybridized carbons (Fsp3) is 0.286. The minimum absolute atomic E-state index is 0.0586. The monoisotopic (exact) mass is 409 g/mol. The van der Waals surface area contributed by atoms with Crippen molar-refractivity contribution in [3.05, 3.63) is 53.1 Å². The first-order valence-corrected chi connectivity index (χ1v) is 10.1. The van der Waals surface area contributed by atoms with Gasteiger partial charge in [0.25, 0.3) is 5.91 Å². The molecule has 1 N–H and O–H groups in total. The van der Waals surface area contributed by atoms with Gasteiger partial charge in [-0.05, 0) is 48.6 Å². The summed E-state index contributed by atoms with van der Waals surface area (Å²) in [6.45, 7) is -0.417. The molecule has 2 aromatic carbocycles. The lowest BCUT2D eigenvalue weighted by Gasteiger charge is -2.07. The summed E-state index contributed by atoms with van der Waals surface area (Å²) in [4.78, 5) is 36.3. The lowest BCUT2D eigenvalue weighted by molar-refractivity contribution is -0.147. The zero-order valence-electron chi connectivity index (χ0n) is 15.6. The van der Waals surface area contributed by atoms with Crippen molar-refractivity contribution in [3.8, 4) is 0 Å². The summed E-state index contributed by atoms with van der Waals surface area (Å²) in [6, 6.07) is 11.0. The number of ether oxygens (including phenoxy) is 1. The highest BCUT2D eigenvalue weighted by molar-refractivity contribution is 7.00. The van der Waals surface area contributed by atoms with Crippen LogP contribution in [0, 0.1) is 0 Å². The van der Waals surface area contributed by atoms with Gasteiger partial charge in [-0.15, -0.1) is 0 Å². The van der Waals surface area contributed by atoms with Crippen LogP contribution in [0.2, 0.25) is 0 Å². The lowest BCUT2D eigenvalue weighted by Crippen LogP contribution is -2.21. The Morgan fingerprint density at radius 1 is 1.03 bits per heavy atom. The summed E-state index contributed by atoms with van der Waals surface area (Å²) in [5, 5.41) is 2.66. The topological polar surface area (TPSA) is 98.2 Å². The Kier molecular flexibility index (Phi) is 5.62. The Labute approximate surface area is 171 Å². The molecule has 1 aliphatic rings. The van der Waals surface area contributed by atoms with Crippen molar-refractivity contribution >= 4 is 46.1 Å². The van der Waals surface area contributed by atoms with Gasteiger partial charge in [-0.3, -0.25) is 14.4 Å². The number of rotatable bonds is 7. The minimum atomic E-state index is -0.580. The van der Waals surface area contributed by atoms with Crippen LogP contribution in [-0.4, -0.2) is 33.0 Å². The summed E-state index contributed by atoms with van der Waals surface area (Å²) in [7, 11) is 0. The van der Waals surface area contributed by atoms with Gasteiger partial charge in [0.15, 0.2) is 12.4 Å². The molecule has 0 unspecified atom stereocenters. The van der Waals surface area contributed by atoms with Gasteiger partial charge >= 0.3 is 5.97 Å². The number of esters is 1. The summed E-state index contributed by atoms with van der Waals surface area (Å²) in [5.74, 6) is -1.14. The van der Waals surface area contributed by atoms with E-state index in [0.29, 0.717) is 22.3 Å². The standard InChI is InChI=1S/C21H19N3O4S/c25-18(15-8-7-13-3-1-4-14(13)11-15)9-10-20(27)28-12-19(26)22-16-5-2-6-17-21(16)24-29-23-17/h2,5-8,11H,1,3-4,9-10,12H2,(H,22,26). The minimum Gasteiger partial charge on any atom is -0.456 e. The zero-order valence-corrected chi connectivity index (χ0v) is 16.5. The number of hydrogen-bond acceptors (Lipinski definition) is 7. The maximum Gasteiger partial charge on any atom is 0.306 e. The molecule has 1 aromatic heterocycles. The van der Waals surface area contributed by atoms with Gasteiger partial charge < -0.3 is 10.1 Å². The Morgan fingerprint density at radius 2 is 1.90 bits per heavy atom. The van der Waals surface area contributed by atoms with Crippen molar-refractivity contribution < 1.29 is 19.1 Å². The second-order valence-electron chi connectivity index (χ2n) is 6.91. The molecule has 7 nitrogen and oxygen atoms in total. The van der Waals surface area contributed by atoms with Crippen LogP contribution in [0.25, 0.3) is 11.0 Å². The number of ketones is 1. The molecule has 29 heavy (non-hydrogen) atoms. The van der Waals surface area contributed by atoms with Crippen LogP contribution in [0.3, 0.4) is 0 Å². The average Bonchev–Trinajstić information content (AvgIpc) is 3.39. The number of benzene rings is 2. The van der Waals surface area contributed by atoms with Crippen molar-refractivity contribution in [1.82, 2.24) is 8.75 Å². The van der Waals surface area contributed by atoms with Gasteiger partial charge in [0.1, 0.15) is 11.0 Å². The van der Waals surface area contributed by atoms with E-state index < -0.39 is 18.5 Å². The van der Waals surface area contributed by atoms with E-state index in [4.69, 9.17) is 4.74 Å². The number of amides is 1. The van der Waals surface area contributed by atoms with E-state index in [1.54, 1.807) is 18.2 Å². The Bertz CT molecular complexity index is 1090. The third-order valence-electron chi connectivity index (χ3n) is 4.90. The quantitative estimate of drug-likeness (QED) is 0.475. The molecule has 4 rings (SSSR count). The van der Waals surface area contributed by atoms with Gasteiger partial charge in [0.05, 0.1) is 23.8 Å². The Morgan fingerprint density at radius 3 is 2.79 bits per heavy atom. The van der Waals surface area contributed by atoms with Gasteiger partial charge in [0.2, 0.25) is 0 Å². The van der Waals surface area contributed by atoms with Crippen molar-refractivity contribution in [2.75, 3.05) is 11.9 Å². The van der Waals surface area contributed by atoms with Crippen molar-refractivity contribution in [2.45, 2.75) is 32.1 Å². The van der Waals surface area contributed by atoms with E-state index in [1.165, 1.54) is 11.1 Å². The number of aromatic nitrogens is 2. The lowest BCUT2D eigenvalue weighted by atomic mass is 10.0. The van der Waals surface area contributed by atoms with E-state index in [2.05, 4.69) is 14.1 Å². The third-order valence-corrected chi connectivity index (χ3v) is 5.44. The first-order valence-electron chi connectivity index (χ1n) is 9.42. The van der Waals surface area contributed by atoms with Crippen LogP contribution in [-0.2, 0) is 27.2 Å². The first kappa shape index (κ1) is 19.2. The number of fused-ring (bicyclic) bond motifs is 2. The smallest absolute Gasteiger partial charge is 0.306 e. The number of carbonyl (C=O) groups excluding carboxylic acids is 3. The number of Topliss-reactive ketones (excluding diaryl/α,β-unsaturated/α-hetero) is 1. The van der Waals surface area contributed by atoms with Gasteiger partial charge in [-0.2, -0.15) is 8.75 Å². The SMILES string of the molecule is O=C(COC(=O)CCC(=O)c1ccc2c(c1)CCC2)Nc1cccc2nsnc12. The molecule has 8 heteroatoms. The molecule has 148 valence electrons. The molecule has 0 radical (unpaired) electrons. The predicted molar refractivity (Wildman–Crippen MR) is 109 cm³/mol. The number of nitrogens with zero attached hydrogens (tertiary/aromatic N) is 2. The molecule has 1 heterocycles. The summed E-state index contributed by atoms with van der Waals surface area (Å²) >= 11 is 1.06. The van der Waals surface area contributed by atoms with Crippen LogP contribution in [0.4, 0.5) is 5.69 Å². The molecule has 0 saturated heterocycles. The van der Waals surface area contributed by atoms with Crippen molar-refractivity contribution in [1.29, 1.82) is 0 Å². The first-order chi connectivity index (χ1) is 14.1. The van der Waals surface area contributed by atoms with Crippen LogP contribution in [0.1, 0.15) is 40.7 Å². The normalized spacial score (nSPS) is 12.6. The highest BCUT2D eigenvalue weighted by Gasteiger charge is 2.16. The van der Waals surface area contributed by atoms with E-state index in [9.17, 15) is 14.4 Å². The molecule has 1 aliphatic carbocycles. The summed E-state index contributed by atoms with van der Waals surface area (Å²) < 4.78 is 13.2. The van der Waals surface area contributed by atoms with E-state index in [-0.39, 0.29) is 18.6 Å². The molecule has 0 bridgehead atoms. The van der Waals surface area contributed by atoms with Crippen molar-refractivity contribution in [3.63, 3.8) is 0 Å². The fourth-order valence-electron chi connectivity index (χ4n) is 3.42. The van der Waals surface area contributed by atoms with Gasteiger partial charge in [-0.1, -0.05) is 18.2 Å². The van der Waals surface area contributed by atoms with E-state index in [1.807, 2.05) is 18.2 Å². The summed E-state index contributed by atoms with van der Waals surface area (Å²) in [6.07, 6.45) is 3.18. The van der Waals surface area contributed by atoms with Gasteiger partial charge in [-0.25, -0.2) is 0 Å². The van der Waals surface area contributed by atoms with Crippen LogP contribution < -0.4 is 5.32 Å². The van der Waals surface area contributed by atoms with Gasteiger partial charge in [0, 0.05) is 12.0 Å². The predicted octanol–water partition coefficient (Wildman–Crippen LogP) is 3.32. The zero-order chi connectivity index (χ0) is 20.2. The molecule has 0 spiro atoms. The number of aryl methyl sites for hydroxylation is 2. The van der Waals surface area contributed by atoms with E-state index in [0.717, 1.165) is 31.0 Å². The Balaban J connectivity index is 1.24. The number of nitrogens with one attached hydrogen (secondary N) is 1. The molecule has 0 aliphatic heterocycles. The summed E-state index contributed by atoms with van der Waals surface area (Å²) in [5.41, 5.74) is 4.95. The third kappa shape index (κ3) is 4.48. The van der Waals surface area contributed by atoms with E-state index >= 15 is 0 Å². The molecular weight excluding hydrogens is 390 g/mol. The highest BCUT2D eigenvalue weighted by Crippen LogP contribution is 2.24. The van der Waals surface area contributed by atoms with Crippen molar-refractivity contribution in [2.24, 2.45) is 0 Å². The highest BCUT2D eigenvalue weighted by atomic mass is 32.1. The molecule has 3 aromatic rings. The maximum atomic E-state index is 12.3. The second-order valence-corrected chi connectivity index (χ2v) is 7.44.